The van der Waals surface area contributed by atoms with Gasteiger partial charge in [0.25, 0.3) is 5.92 Å². The molecule has 0 N–H and O–H groups in total. The van der Waals surface area contributed by atoms with Gasteiger partial charge in [0, 0.05) is 74.9 Å². The quantitative estimate of drug-likeness (QED) is 0.478. The summed E-state index contributed by atoms with van der Waals surface area (Å²) in [6.45, 7) is 18.2. The summed E-state index contributed by atoms with van der Waals surface area (Å²) in [7, 11) is 0. The van der Waals surface area contributed by atoms with Gasteiger partial charge in [0.1, 0.15) is 5.60 Å². The van der Waals surface area contributed by atoms with Gasteiger partial charge in [0.05, 0.1) is 31.1 Å². The topological polar surface area (TPSA) is 78.5 Å². The number of rotatable bonds is 7. The van der Waals surface area contributed by atoms with Gasteiger partial charge in [0.2, 0.25) is 5.91 Å². The molecule has 0 aliphatic carbocycles. The lowest BCUT2D eigenvalue weighted by atomic mass is 9.91. The number of piperazine rings is 1. The lowest BCUT2D eigenvalue weighted by Gasteiger charge is -2.47. The van der Waals surface area contributed by atoms with Gasteiger partial charge in [-0.3, -0.25) is 19.6 Å². The summed E-state index contributed by atoms with van der Waals surface area (Å²) in [5.41, 5.74) is -0.0912. The molecular weight excluding hydrogens is 532 g/mol. The number of anilines is 1. The van der Waals surface area contributed by atoms with Crippen LogP contribution in [-0.4, -0.2) is 108 Å². The summed E-state index contributed by atoms with van der Waals surface area (Å²) in [6, 6.07) is 1.19. The molecule has 3 aliphatic heterocycles. The lowest BCUT2D eigenvalue weighted by molar-refractivity contribution is -0.121. The van der Waals surface area contributed by atoms with Crippen LogP contribution >= 0.6 is 0 Å². The molecule has 2 atom stereocenters. The third kappa shape index (κ3) is 7.35. The number of halogens is 2. The van der Waals surface area contributed by atoms with Crippen LogP contribution in [0.3, 0.4) is 0 Å². The average molecular weight is 580 g/mol. The molecule has 41 heavy (non-hydrogen) atoms. The predicted molar refractivity (Wildman–Crippen MR) is 153 cm³/mol. The molecule has 1 aromatic rings. The van der Waals surface area contributed by atoms with E-state index < -0.39 is 16.9 Å². The number of fused-ring (bicyclic) bond motifs is 1. The van der Waals surface area contributed by atoms with Crippen LogP contribution in [0.15, 0.2) is 12.3 Å². The standard InChI is InChI=1S/C30H47F2N5O4/c1-8-9-30(31,32)22-14-24-26(33-15-22)29(6,7)20-37(24)25(38)19-35-16-21(2)36(27(39)41-28(3,4)5)18-23(35)17-34-10-12-40-13-11-34/h14-15,21,23H,8-13,16-20H2,1-7H3/t21-,23+/m1/s1. The Bertz CT molecular complexity index is 1100. The molecule has 4 rings (SSSR count). The molecule has 0 aromatic carbocycles. The molecule has 2 saturated heterocycles. The van der Waals surface area contributed by atoms with E-state index in [0.29, 0.717) is 57.2 Å². The van der Waals surface area contributed by atoms with Crippen molar-refractivity contribution in [2.24, 2.45) is 0 Å². The third-order valence-electron chi connectivity index (χ3n) is 8.13. The zero-order valence-corrected chi connectivity index (χ0v) is 25.7. The zero-order valence-electron chi connectivity index (χ0n) is 25.7. The van der Waals surface area contributed by atoms with E-state index in [-0.39, 0.29) is 42.6 Å². The van der Waals surface area contributed by atoms with Crippen molar-refractivity contribution in [3.8, 4) is 0 Å². The van der Waals surface area contributed by atoms with Gasteiger partial charge in [-0.05, 0) is 33.8 Å². The Morgan fingerprint density at radius 3 is 2.49 bits per heavy atom. The van der Waals surface area contributed by atoms with Crippen molar-refractivity contribution in [2.45, 2.75) is 90.3 Å². The highest BCUT2D eigenvalue weighted by Crippen LogP contribution is 2.42. The summed E-state index contributed by atoms with van der Waals surface area (Å²) in [6.07, 6.45) is 0.981. The molecule has 0 saturated carbocycles. The maximum Gasteiger partial charge on any atom is 0.410 e. The Morgan fingerprint density at radius 2 is 1.85 bits per heavy atom. The van der Waals surface area contributed by atoms with Gasteiger partial charge in [-0.25, -0.2) is 13.6 Å². The molecular formula is C30H47F2N5O4. The Labute approximate surface area is 243 Å². The number of ether oxygens (including phenoxy) is 2. The number of carbonyl (C=O) groups excluding carboxylic acids is 2. The minimum absolute atomic E-state index is 0.103. The van der Waals surface area contributed by atoms with E-state index in [4.69, 9.17) is 9.47 Å². The maximum absolute atomic E-state index is 14.8. The molecule has 0 bridgehead atoms. The summed E-state index contributed by atoms with van der Waals surface area (Å²) >= 11 is 0. The highest BCUT2D eigenvalue weighted by Gasteiger charge is 2.44. The Balaban J connectivity index is 1.56. The largest absolute Gasteiger partial charge is 0.444 e. The second kappa shape index (κ2) is 12.1. The Kier molecular flexibility index (Phi) is 9.31. The van der Waals surface area contributed by atoms with Crippen molar-refractivity contribution in [1.29, 1.82) is 0 Å². The molecule has 2 amide bonds. The molecule has 0 radical (unpaired) electrons. The van der Waals surface area contributed by atoms with Crippen LogP contribution in [0.5, 0.6) is 0 Å². The number of hydrogen-bond donors (Lipinski definition) is 0. The number of carbonyl (C=O) groups is 2. The first-order valence-corrected chi connectivity index (χ1v) is 14.8. The summed E-state index contributed by atoms with van der Waals surface area (Å²) in [5, 5.41) is 0. The van der Waals surface area contributed by atoms with Gasteiger partial charge in [-0.15, -0.1) is 0 Å². The van der Waals surface area contributed by atoms with Crippen molar-refractivity contribution in [3.63, 3.8) is 0 Å². The Morgan fingerprint density at radius 1 is 1.17 bits per heavy atom. The Hall–Kier alpha value is -2.37. The van der Waals surface area contributed by atoms with E-state index in [0.717, 1.165) is 13.1 Å². The van der Waals surface area contributed by atoms with Crippen LogP contribution in [0.1, 0.15) is 72.6 Å². The first-order valence-electron chi connectivity index (χ1n) is 14.8. The van der Waals surface area contributed by atoms with Crippen molar-refractivity contribution in [2.75, 3.05) is 63.9 Å². The lowest BCUT2D eigenvalue weighted by Crippen LogP contribution is -2.63. The number of hydrogen-bond acceptors (Lipinski definition) is 7. The molecule has 230 valence electrons. The number of alkyl halides is 2. The molecule has 0 unspecified atom stereocenters. The molecule has 0 spiro atoms. The van der Waals surface area contributed by atoms with E-state index in [1.807, 2.05) is 41.5 Å². The third-order valence-corrected chi connectivity index (χ3v) is 8.13. The summed E-state index contributed by atoms with van der Waals surface area (Å²) in [5.74, 6) is -3.16. The summed E-state index contributed by atoms with van der Waals surface area (Å²) in [4.78, 5) is 39.3. The maximum atomic E-state index is 14.8. The number of nitrogens with zero attached hydrogens (tertiary/aromatic N) is 5. The van der Waals surface area contributed by atoms with Crippen LogP contribution in [0.4, 0.5) is 19.3 Å². The van der Waals surface area contributed by atoms with Crippen LogP contribution in [0, 0.1) is 0 Å². The van der Waals surface area contributed by atoms with Gasteiger partial charge in [-0.1, -0.05) is 27.2 Å². The second-order valence-corrected chi connectivity index (χ2v) is 13.4. The van der Waals surface area contributed by atoms with Gasteiger partial charge < -0.3 is 19.3 Å². The van der Waals surface area contributed by atoms with Gasteiger partial charge >= 0.3 is 6.09 Å². The highest BCUT2D eigenvalue weighted by atomic mass is 19.3. The van der Waals surface area contributed by atoms with Crippen LogP contribution in [0.25, 0.3) is 0 Å². The first-order chi connectivity index (χ1) is 19.1. The van der Waals surface area contributed by atoms with E-state index >= 15 is 0 Å². The van der Waals surface area contributed by atoms with Crippen molar-refractivity contribution in [1.82, 2.24) is 19.7 Å². The number of pyridine rings is 1. The zero-order chi connectivity index (χ0) is 30.2. The van der Waals surface area contributed by atoms with Crippen LogP contribution in [-0.2, 0) is 25.6 Å². The molecule has 9 nitrogen and oxygen atoms in total. The average Bonchev–Trinajstić information content (AvgIpc) is 3.15. The predicted octanol–water partition coefficient (Wildman–Crippen LogP) is 4.24. The summed E-state index contributed by atoms with van der Waals surface area (Å²) < 4.78 is 40.9. The van der Waals surface area contributed by atoms with Gasteiger partial charge in [-0.2, -0.15) is 0 Å². The smallest absolute Gasteiger partial charge is 0.410 e. The monoisotopic (exact) mass is 579 g/mol. The second-order valence-electron chi connectivity index (χ2n) is 13.4. The normalized spacial score (nSPS) is 23.9. The molecule has 2 fully saturated rings. The molecule has 1 aromatic heterocycles. The molecule has 3 aliphatic rings. The minimum Gasteiger partial charge on any atom is -0.444 e. The van der Waals surface area contributed by atoms with Crippen molar-refractivity contribution >= 4 is 17.7 Å². The fourth-order valence-electron chi connectivity index (χ4n) is 6.01. The number of amides is 2. The van der Waals surface area contributed by atoms with Crippen LogP contribution in [0.2, 0.25) is 0 Å². The van der Waals surface area contributed by atoms with E-state index in [1.54, 1.807) is 16.7 Å². The molecule has 4 heterocycles. The van der Waals surface area contributed by atoms with E-state index in [9.17, 15) is 18.4 Å². The van der Waals surface area contributed by atoms with Crippen LogP contribution < -0.4 is 4.90 Å². The minimum atomic E-state index is -3.01. The SMILES string of the molecule is CCCC(F)(F)c1cnc2c(c1)N(C(=O)CN1C[C@@H](C)N(C(=O)OC(C)(C)C)C[C@@H]1CN1CCOCC1)CC2(C)C. The number of aromatic nitrogens is 1. The fraction of sp³-hybridized carbons (Fsp3) is 0.767. The van der Waals surface area contributed by atoms with Crippen molar-refractivity contribution in [3.05, 3.63) is 23.5 Å². The van der Waals surface area contributed by atoms with Crippen molar-refractivity contribution < 1.29 is 27.8 Å². The number of morpholine rings is 1. The van der Waals surface area contributed by atoms with Gasteiger partial charge in [0.15, 0.2) is 0 Å². The fourth-order valence-corrected chi connectivity index (χ4v) is 6.01. The highest BCUT2D eigenvalue weighted by molar-refractivity contribution is 5.97. The first kappa shape index (κ1) is 31.6. The molecule has 11 heteroatoms. The van der Waals surface area contributed by atoms with E-state index in [1.165, 1.54) is 12.3 Å². The van der Waals surface area contributed by atoms with E-state index in [2.05, 4.69) is 14.8 Å².